The first kappa shape index (κ1) is 11.3. The number of ether oxygens (including phenoxy) is 1. The van der Waals surface area contributed by atoms with Gasteiger partial charge in [0, 0.05) is 0 Å². The molecule has 0 aromatic rings. The molecule has 2 heteroatoms. The van der Waals surface area contributed by atoms with Crippen LogP contribution < -0.4 is 0 Å². The summed E-state index contributed by atoms with van der Waals surface area (Å²) < 4.78 is 5.74. The van der Waals surface area contributed by atoms with E-state index in [9.17, 15) is 4.79 Å². The molecule has 0 heterocycles. The number of hydrogen-bond acceptors (Lipinski definition) is 2. The van der Waals surface area contributed by atoms with E-state index in [-0.39, 0.29) is 18.0 Å². The van der Waals surface area contributed by atoms with Crippen molar-refractivity contribution >= 4 is 5.97 Å². The fourth-order valence-corrected chi connectivity index (χ4v) is 4.06. The van der Waals surface area contributed by atoms with E-state index in [1.165, 1.54) is 12.8 Å². The molecule has 0 aromatic carbocycles. The van der Waals surface area contributed by atoms with E-state index in [0.29, 0.717) is 5.92 Å². The molecule has 2 saturated carbocycles. The minimum Gasteiger partial charge on any atom is -0.462 e. The molecule has 3 aliphatic carbocycles. The van der Waals surface area contributed by atoms with Crippen molar-refractivity contribution in [2.24, 2.45) is 29.6 Å². The highest BCUT2D eigenvalue weighted by Crippen LogP contribution is 2.57. The van der Waals surface area contributed by atoms with Crippen molar-refractivity contribution in [2.45, 2.75) is 45.6 Å². The SMILES string of the molecule is CCC(C)C(=O)OC1CC2CC1C1CC=CC21. The highest BCUT2D eigenvalue weighted by atomic mass is 16.5. The summed E-state index contributed by atoms with van der Waals surface area (Å²) in [7, 11) is 0. The Morgan fingerprint density at radius 3 is 3.00 bits per heavy atom. The molecule has 6 unspecified atom stereocenters. The smallest absolute Gasteiger partial charge is 0.308 e. The number of fused-ring (bicyclic) bond motifs is 5. The zero-order valence-corrected chi connectivity index (χ0v) is 10.8. The summed E-state index contributed by atoms with van der Waals surface area (Å²) in [5.41, 5.74) is 0. The van der Waals surface area contributed by atoms with Gasteiger partial charge >= 0.3 is 5.97 Å². The van der Waals surface area contributed by atoms with Gasteiger partial charge in [-0.15, -0.1) is 0 Å². The normalized spacial score (nSPS) is 43.8. The van der Waals surface area contributed by atoms with Crippen molar-refractivity contribution in [1.82, 2.24) is 0 Å². The summed E-state index contributed by atoms with van der Waals surface area (Å²) in [6, 6.07) is 0. The number of allylic oxidation sites excluding steroid dienone is 2. The molecule has 0 amide bonds. The summed E-state index contributed by atoms with van der Waals surface area (Å²) in [6.07, 6.45) is 9.45. The fraction of sp³-hybridized carbons (Fsp3) is 0.800. The van der Waals surface area contributed by atoms with Crippen LogP contribution in [0.4, 0.5) is 0 Å². The van der Waals surface area contributed by atoms with E-state index >= 15 is 0 Å². The Labute approximate surface area is 103 Å². The quantitative estimate of drug-likeness (QED) is 0.554. The van der Waals surface area contributed by atoms with E-state index in [1.807, 2.05) is 13.8 Å². The van der Waals surface area contributed by atoms with Crippen LogP contribution in [-0.2, 0) is 9.53 Å². The van der Waals surface area contributed by atoms with Crippen molar-refractivity contribution < 1.29 is 9.53 Å². The maximum atomic E-state index is 11.9. The topological polar surface area (TPSA) is 26.3 Å². The van der Waals surface area contributed by atoms with Gasteiger partial charge in [-0.05, 0) is 49.4 Å². The maximum Gasteiger partial charge on any atom is 0.308 e. The monoisotopic (exact) mass is 234 g/mol. The van der Waals surface area contributed by atoms with Crippen LogP contribution in [-0.4, -0.2) is 12.1 Å². The second-order valence-corrected chi connectivity index (χ2v) is 6.09. The molecule has 6 atom stereocenters. The van der Waals surface area contributed by atoms with Gasteiger partial charge in [0.1, 0.15) is 6.10 Å². The Morgan fingerprint density at radius 2 is 2.24 bits per heavy atom. The van der Waals surface area contributed by atoms with Crippen molar-refractivity contribution in [3.63, 3.8) is 0 Å². The first-order valence-corrected chi connectivity index (χ1v) is 7.07. The van der Waals surface area contributed by atoms with Gasteiger partial charge in [0.15, 0.2) is 0 Å². The maximum absolute atomic E-state index is 11.9. The average Bonchev–Trinajstić information content (AvgIpc) is 2.98. The van der Waals surface area contributed by atoms with Gasteiger partial charge in [0.25, 0.3) is 0 Å². The molecule has 0 saturated heterocycles. The molecule has 0 spiro atoms. The Bertz CT molecular complexity index is 347. The van der Waals surface area contributed by atoms with Crippen LogP contribution in [0, 0.1) is 29.6 Å². The minimum absolute atomic E-state index is 0.0209. The van der Waals surface area contributed by atoms with Gasteiger partial charge in [0.05, 0.1) is 5.92 Å². The third kappa shape index (κ3) is 1.73. The Hall–Kier alpha value is -0.790. The van der Waals surface area contributed by atoms with Crippen LogP contribution in [0.5, 0.6) is 0 Å². The lowest BCUT2D eigenvalue weighted by Gasteiger charge is -2.31. The van der Waals surface area contributed by atoms with E-state index in [4.69, 9.17) is 4.74 Å². The Kier molecular flexibility index (Phi) is 2.76. The predicted octanol–water partition coefficient (Wildman–Crippen LogP) is 3.18. The summed E-state index contributed by atoms with van der Waals surface area (Å²) in [5.74, 6) is 3.10. The van der Waals surface area contributed by atoms with Gasteiger partial charge in [-0.3, -0.25) is 4.79 Å². The van der Waals surface area contributed by atoms with Gasteiger partial charge in [-0.2, -0.15) is 0 Å². The highest BCUT2D eigenvalue weighted by molar-refractivity contribution is 5.72. The third-order valence-corrected chi connectivity index (χ3v) is 5.22. The van der Waals surface area contributed by atoms with Crippen molar-refractivity contribution in [1.29, 1.82) is 0 Å². The number of hydrogen-bond donors (Lipinski definition) is 0. The van der Waals surface area contributed by atoms with Gasteiger partial charge in [-0.1, -0.05) is 26.0 Å². The number of carbonyl (C=O) groups excluding carboxylic acids is 1. The van der Waals surface area contributed by atoms with Crippen LogP contribution in [0.2, 0.25) is 0 Å². The van der Waals surface area contributed by atoms with Crippen LogP contribution in [0.3, 0.4) is 0 Å². The largest absolute Gasteiger partial charge is 0.462 e. The van der Waals surface area contributed by atoms with E-state index in [0.717, 1.165) is 30.6 Å². The lowest BCUT2D eigenvalue weighted by atomic mass is 9.80. The standard InChI is InChI=1S/C15H22O2/c1-3-9(2)15(16)17-14-8-10-7-13(14)12-6-4-5-11(10)12/h4-5,9-14H,3,6-8H2,1-2H3. The van der Waals surface area contributed by atoms with E-state index < -0.39 is 0 Å². The molecule has 2 fully saturated rings. The van der Waals surface area contributed by atoms with Crippen molar-refractivity contribution in [3.05, 3.63) is 12.2 Å². The molecule has 0 aromatic heterocycles. The number of rotatable bonds is 3. The van der Waals surface area contributed by atoms with Crippen molar-refractivity contribution in [2.75, 3.05) is 0 Å². The summed E-state index contributed by atoms with van der Waals surface area (Å²) in [4.78, 5) is 11.9. The van der Waals surface area contributed by atoms with Crippen LogP contribution >= 0.6 is 0 Å². The molecule has 0 radical (unpaired) electrons. The van der Waals surface area contributed by atoms with Gasteiger partial charge < -0.3 is 4.74 Å². The number of carbonyl (C=O) groups is 1. The zero-order valence-electron chi connectivity index (χ0n) is 10.8. The summed E-state index contributed by atoms with van der Waals surface area (Å²) in [5, 5.41) is 0. The third-order valence-electron chi connectivity index (χ3n) is 5.22. The van der Waals surface area contributed by atoms with E-state index in [1.54, 1.807) is 0 Å². The first-order valence-electron chi connectivity index (χ1n) is 7.07. The molecule has 0 aliphatic heterocycles. The first-order chi connectivity index (χ1) is 8.20. The highest BCUT2D eigenvalue weighted by Gasteiger charge is 2.53. The van der Waals surface area contributed by atoms with Crippen LogP contribution in [0.25, 0.3) is 0 Å². The molecular formula is C15H22O2. The predicted molar refractivity (Wildman–Crippen MR) is 66.3 cm³/mol. The molecule has 3 aliphatic rings. The zero-order chi connectivity index (χ0) is 12.0. The summed E-state index contributed by atoms with van der Waals surface area (Å²) in [6.45, 7) is 4.01. The van der Waals surface area contributed by atoms with E-state index in [2.05, 4.69) is 12.2 Å². The molecule has 2 nitrogen and oxygen atoms in total. The molecule has 17 heavy (non-hydrogen) atoms. The van der Waals surface area contributed by atoms with Crippen LogP contribution in [0.1, 0.15) is 39.5 Å². The number of esters is 1. The van der Waals surface area contributed by atoms with Gasteiger partial charge in [-0.25, -0.2) is 0 Å². The van der Waals surface area contributed by atoms with Crippen LogP contribution in [0.15, 0.2) is 12.2 Å². The second-order valence-electron chi connectivity index (χ2n) is 6.09. The Morgan fingerprint density at radius 1 is 1.41 bits per heavy atom. The Balaban J connectivity index is 1.63. The average molecular weight is 234 g/mol. The second kappa shape index (κ2) is 4.15. The molecule has 0 N–H and O–H groups in total. The molecular weight excluding hydrogens is 212 g/mol. The van der Waals surface area contributed by atoms with Gasteiger partial charge in [0.2, 0.25) is 0 Å². The van der Waals surface area contributed by atoms with Crippen molar-refractivity contribution in [3.8, 4) is 0 Å². The molecule has 2 bridgehead atoms. The molecule has 3 rings (SSSR count). The molecule has 94 valence electrons. The fourth-order valence-electron chi connectivity index (χ4n) is 4.06. The summed E-state index contributed by atoms with van der Waals surface area (Å²) >= 11 is 0. The lowest BCUT2D eigenvalue weighted by molar-refractivity contribution is -0.157. The minimum atomic E-state index is 0.0209. The lowest BCUT2D eigenvalue weighted by Crippen LogP contribution is -2.33.